The maximum absolute atomic E-state index is 11.2. The van der Waals surface area contributed by atoms with E-state index in [1.807, 2.05) is 6.92 Å². The first-order chi connectivity index (χ1) is 7.63. The third-order valence-electron chi connectivity index (χ3n) is 1.81. The van der Waals surface area contributed by atoms with E-state index in [1.54, 1.807) is 24.3 Å². The lowest BCUT2D eigenvalue weighted by Gasteiger charge is -1.99. The van der Waals surface area contributed by atoms with Crippen LogP contribution < -0.4 is 0 Å². The highest BCUT2D eigenvalue weighted by atomic mass is 35.5. The van der Waals surface area contributed by atoms with Gasteiger partial charge in [0, 0.05) is 16.1 Å². The molecule has 0 amide bonds. The lowest BCUT2D eigenvalue weighted by molar-refractivity contribution is -0.137. The van der Waals surface area contributed by atoms with Crippen molar-refractivity contribution in [2.45, 2.75) is 13.3 Å². The van der Waals surface area contributed by atoms with Gasteiger partial charge in [0.25, 0.3) is 0 Å². The number of hydrogen-bond donors (Lipinski definition) is 0. The van der Waals surface area contributed by atoms with Crippen LogP contribution in [0.5, 0.6) is 0 Å². The predicted octanol–water partition coefficient (Wildman–Crippen LogP) is 3.96. The molecule has 1 aromatic carbocycles. The third kappa shape index (κ3) is 4.25. The van der Waals surface area contributed by atoms with Crippen molar-refractivity contribution in [1.82, 2.24) is 0 Å². The average Bonchev–Trinajstić information content (AvgIpc) is 2.25. The Morgan fingerprint density at radius 1 is 1.44 bits per heavy atom. The number of esters is 1. The SMILES string of the molecule is CCCOC(=O)/C=C/c1ccc(Cl)cc1Cl. The summed E-state index contributed by atoms with van der Waals surface area (Å²) in [6.45, 7) is 2.37. The summed E-state index contributed by atoms with van der Waals surface area (Å²) in [5.74, 6) is -0.368. The van der Waals surface area contributed by atoms with Gasteiger partial charge in [-0.25, -0.2) is 4.79 Å². The van der Waals surface area contributed by atoms with E-state index in [-0.39, 0.29) is 5.97 Å². The highest BCUT2D eigenvalue weighted by molar-refractivity contribution is 6.35. The van der Waals surface area contributed by atoms with Crippen LogP contribution in [0.4, 0.5) is 0 Å². The first-order valence-corrected chi connectivity index (χ1v) is 5.69. The molecule has 1 rings (SSSR count). The molecule has 1 aromatic rings. The van der Waals surface area contributed by atoms with Crippen LogP contribution in [0.25, 0.3) is 6.08 Å². The van der Waals surface area contributed by atoms with Gasteiger partial charge in [-0.05, 0) is 30.2 Å². The van der Waals surface area contributed by atoms with E-state index in [2.05, 4.69) is 0 Å². The Bertz CT molecular complexity index is 400. The number of rotatable bonds is 4. The molecule has 0 unspecified atom stereocenters. The number of halogens is 2. The fourth-order valence-electron chi connectivity index (χ4n) is 1.05. The standard InChI is InChI=1S/C12H12Cl2O2/c1-2-7-16-12(15)6-4-9-3-5-10(13)8-11(9)14/h3-6,8H,2,7H2,1H3/b6-4+. The third-order valence-corrected chi connectivity index (χ3v) is 2.37. The van der Waals surface area contributed by atoms with Gasteiger partial charge in [-0.15, -0.1) is 0 Å². The molecule has 86 valence electrons. The first kappa shape index (κ1) is 13.1. The summed E-state index contributed by atoms with van der Waals surface area (Å²) < 4.78 is 4.88. The van der Waals surface area contributed by atoms with Crippen LogP contribution in [0.1, 0.15) is 18.9 Å². The van der Waals surface area contributed by atoms with E-state index in [1.165, 1.54) is 6.08 Å². The fourth-order valence-corrected chi connectivity index (χ4v) is 1.52. The second-order valence-electron chi connectivity index (χ2n) is 3.17. The van der Waals surface area contributed by atoms with Crippen LogP contribution in [0, 0.1) is 0 Å². The minimum absolute atomic E-state index is 0.368. The van der Waals surface area contributed by atoms with Crippen molar-refractivity contribution in [2.75, 3.05) is 6.61 Å². The average molecular weight is 259 g/mol. The number of ether oxygens (including phenoxy) is 1. The summed E-state index contributed by atoms with van der Waals surface area (Å²) in [6.07, 6.45) is 3.77. The summed E-state index contributed by atoms with van der Waals surface area (Å²) in [6, 6.07) is 5.08. The fraction of sp³-hybridized carbons (Fsp3) is 0.250. The maximum Gasteiger partial charge on any atom is 0.330 e. The highest BCUT2D eigenvalue weighted by Gasteiger charge is 1.99. The quantitative estimate of drug-likeness (QED) is 0.604. The van der Waals surface area contributed by atoms with E-state index < -0.39 is 0 Å². The molecule has 0 atom stereocenters. The van der Waals surface area contributed by atoms with E-state index >= 15 is 0 Å². The summed E-state index contributed by atoms with van der Waals surface area (Å²) in [5.41, 5.74) is 0.736. The lowest BCUT2D eigenvalue weighted by atomic mass is 10.2. The van der Waals surface area contributed by atoms with Crippen LogP contribution in [0.15, 0.2) is 24.3 Å². The number of carbonyl (C=O) groups excluding carboxylic acids is 1. The van der Waals surface area contributed by atoms with Crippen molar-refractivity contribution in [3.8, 4) is 0 Å². The Morgan fingerprint density at radius 2 is 2.19 bits per heavy atom. The predicted molar refractivity (Wildman–Crippen MR) is 66.7 cm³/mol. The normalized spacial score (nSPS) is 10.7. The van der Waals surface area contributed by atoms with Gasteiger partial charge in [0.15, 0.2) is 0 Å². The van der Waals surface area contributed by atoms with Crippen LogP contribution in [0.2, 0.25) is 10.0 Å². The van der Waals surface area contributed by atoms with Gasteiger partial charge in [-0.3, -0.25) is 0 Å². The zero-order valence-electron chi connectivity index (χ0n) is 8.87. The topological polar surface area (TPSA) is 26.3 Å². The molecule has 0 bridgehead atoms. The van der Waals surface area contributed by atoms with Crippen LogP contribution in [-0.4, -0.2) is 12.6 Å². The largest absolute Gasteiger partial charge is 0.463 e. The van der Waals surface area contributed by atoms with Crippen molar-refractivity contribution in [3.05, 3.63) is 39.9 Å². The van der Waals surface area contributed by atoms with Crippen LogP contribution in [0.3, 0.4) is 0 Å². The lowest BCUT2D eigenvalue weighted by Crippen LogP contribution is -2.00. The van der Waals surface area contributed by atoms with E-state index in [9.17, 15) is 4.79 Å². The van der Waals surface area contributed by atoms with E-state index in [4.69, 9.17) is 27.9 Å². The maximum atomic E-state index is 11.2. The first-order valence-electron chi connectivity index (χ1n) is 4.93. The van der Waals surface area contributed by atoms with E-state index in [0.717, 1.165) is 12.0 Å². The molecule has 0 N–H and O–H groups in total. The Kier molecular flexibility index (Phi) is 5.36. The molecule has 0 aromatic heterocycles. The molecule has 0 fully saturated rings. The van der Waals surface area contributed by atoms with Gasteiger partial charge in [-0.2, -0.15) is 0 Å². The monoisotopic (exact) mass is 258 g/mol. The highest BCUT2D eigenvalue weighted by Crippen LogP contribution is 2.21. The molecule has 0 radical (unpaired) electrons. The smallest absolute Gasteiger partial charge is 0.330 e. The van der Waals surface area contributed by atoms with E-state index in [0.29, 0.717) is 16.7 Å². The Hall–Kier alpha value is -0.990. The molecule has 16 heavy (non-hydrogen) atoms. The molecule has 2 nitrogen and oxygen atoms in total. The molecule has 0 aliphatic carbocycles. The second kappa shape index (κ2) is 6.56. The van der Waals surface area contributed by atoms with Crippen molar-refractivity contribution in [3.63, 3.8) is 0 Å². The zero-order valence-corrected chi connectivity index (χ0v) is 10.4. The van der Waals surface area contributed by atoms with Crippen molar-refractivity contribution >= 4 is 35.2 Å². The summed E-state index contributed by atoms with van der Waals surface area (Å²) in [7, 11) is 0. The van der Waals surface area contributed by atoms with Gasteiger partial charge in [0.1, 0.15) is 0 Å². The van der Waals surface area contributed by atoms with Gasteiger partial charge >= 0.3 is 5.97 Å². The number of carbonyl (C=O) groups is 1. The molecule has 0 heterocycles. The van der Waals surface area contributed by atoms with Crippen LogP contribution in [-0.2, 0) is 9.53 Å². The number of hydrogen-bond acceptors (Lipinski definition) is 2. The molecule has 4 heteroatoms. The molecular formula is C12H12Cl2O2. The molecule has 0 saturated carbocycles. The molecule has 0 saturated heterocycles. The Morgan fingerprint density at radius 3 is 2.81 bits per heavy atom. The summed E-state index contributed by atoms with van der Waals surface area (Å²) in [5, 5.41) is 1.07. The summed E-state index contributed by atoms with van der Waals surface area (Å²) in [4.78, 5) is 11.2. The van der Waals surface area contributed by atoms with Gasteiger partial charge in [-0.1, -0.05) is 36.2 Å². The molecule has 0 aliphatic rings. The van der Waals surface area contributed by atoms with Gasteiger partial charge in [0.2, 0.25) is 0 Å². The Balaban J connectivity index is 2.65. The van der Waals surface area contributed by atoms with Crippen LogP contribution >= 0.6 is 23.2 Å². The number of benzene rings is 1. The van der Waals surface area contributed by atoms with Gasteiger partial charge < -0.3 is 4.74 Å². The van der Waals surface area contributed by atoms with Crippen molar-refractivity contribution < 1.29 is 9.53 Å². The Labute approximate surface area is 105 Å². The molecule has 0 aliphatic heterocycles. The molecule has 0 spiro atoms. The summed E-state index contributed by atoms with van der Waals surface area (Å²) >= 11 is 11.7. The molecular weight excluding hydrogens is 247 g/mol. The van der Waals surface area contributed by atoms with Gasteiger partial charge in [0.05, 0.1) is 6.61 Å². The minimum Gasteiger partial charge on any atom is -0.463 e. The van der Waals surface area contributed by atoms with Crippen molar-refractivity contribution in [1.29, 1.82) is 0 Å². The zero-order chi connectivity index (χ0) is 12.0. The van der Waals surface area contributed by atoms with Crippen molar-refractivity contribution in [2.24, 2.45) is 0 Å². The second-order valence-corrected chi connectivity index (χ2v) is 4.01. The minimum atomic E-state index is -0.368.